The number of nitrogens with zero attached hydrogens (tertiary/aromatic N) is 1. The van der Waals surface area contributed by atoms with Crippen LogP contribution in [0.25, 0.3) is 0 Å². The van der Waals surface area contributed by atoms with Gasteiger partial charge in [0.2, 0.25) is 0 Å². The van der Waals surface area contributed by atoms with Gasteiger partial charge < -0.3 is 10.6 Å². The van der Waals surface area contributed by atoms with E-state index in [0.717, 1.165) is 5.69 Å². The van der Waals surface area contributed by atoms with E-state index in [4.69, 9.17) is 12.2 Å². The second kappa shape index (κ2) is 3.10. The van der Waals surface area contributed by atoms with Crippen LogP contribution in [0.2, 0.25) is 0 Å². The first-order valence-electron chi connectivity index (χ1n) is 3.91. The second-order valence-corrected chi connectivity index (χ2v) is 3.27. The SMILES string of the molecule is S=C(Nc1cn[nH]c1)NC1CC1. The molecule has 0 amide bonds. The lowest BCUT2D eigenvalue weighted by Crippen LogP contribution is -2.29. The Morgan fingerprint density at radius 3 is 3.08 bits per heavy atom. The van der Waals surface area contributed by atoms with Gasteiger partial charge in [-0.15, -0.1) is 0 Å². The number of aromatic nitrogens is 2. The van der Waals surface area contributed by atoms with E-state index in [1.54, 1.807) is 12.4 Å². The molecule has 0 aromatic carbocycles. The number of hydrogen-bond acceptors (Lipinski definition) is 2. The number of nitrogens with one attached hydrogen (secondary N) is 3. The quantitative estimate of drug-likeness (QED) is 0.594. The molecule has 0 radical (unpaired) electrons. The lowest BCUT2D eigenvalue weighted by molar-refractivity contribution is 0.919. The number of H-pyrrole nitrogens is 1. The molecule has 3 N–H and O–H groups in total. The van der Waals surface area contributed by atoms with Crippen LogP contribution in [0.4, 0.5) is 5.69 Å². The minimum Gasteiger partial charge on any atom is -0.360 e. The maximum Gasteiger partial charge on any atom is 0.171 e. The van der Waals surface area contributed by atoms with Crippen molar-refractivity contribution in [1.29, 1.82) is 0 Å². The third-order valence-electron chi connectivity index (χ3n) is 1.67. The lowest BCUT2D eigenvalue weighted by Gasteiger charge is -2.06. The van der Waals surface area contributed by atoms with Crippen molar-refractivity contribution in [3.05, 3.63) is 12.4 Å². The van der Waals surface area contributed by atoms with E-state index >= 15 is 0 Å². The van der Waals surface area contributed by atoms with Crippen molar-refractivity contribution in [2.45, 2.75) is 18.9 Å². The topological polar surface area (TPSA) is 52.7 Å². The smallest absolute Gasteiger partial charge is 0.171 e. The molecule has 0 unspecified atom stereocenters. The third-order valence-corrected chi connectivity index (χ3v) is 1.89. The van der Waals surface area contributed by atoms with Crippen molar-refractivity contribution in [2.75, 3.05) is 5.32 Å². The highest BCUT2D eigenvalue weighted by Gasteiger charge is 2.21. The zero-order valence-corrected chi connectivity index (χ0v) is 7.32. The number of thiocarbonyl (C=S) groups is 1. The molecule has 1 fully saturated rings. The Morgan fingerprint density at radius 1 is 1.67 bits per heavy atom. The zero-order chi connectivity index (χ0) is 8.39. The summed E-state index contributed by atoms with van der Waals surface area (Å²) in [6.45, 7) is 0. The van der Waals surface area contributed by atoms with E-state index in [9.17, 15) is 0 Å². The highest BCUT2D eigenvalue weighted by molar-refractivity contribution is 7.80. The fourth-order valence-electron chi connectivity index (χ4n) is 0.899. The maximum atomic E-state index is 5.05. The summed E-state index contributed by atoms with van der Waals surface area (Å²) in [4.78, 5) is 0. The largest absolute Gasteiger partial charge is 0.360 e. The Hall–Kier alpha value is -1.10. The molecule has 0 aliphatic heterocycles. The van der Waals surface area contributed by atoms with Gasteiger partial charge in [0.05, 0.1) is 11.9 Å². The van der Waals surface area contributed by atoms with Gasteiger partial charge in [-0.2, -0.15) is 5.10 Å². The van der Waals surface area contributed by atoms with Gasteiger partial charge in [-0.05, 0) is 25.1 Å². The van der Waals surface area contributed by atoms with E-state index in [2.05, 4.69) is 20.8 Å². The van der Waals surface area contributed by atoms with E-state index in [1.807, 2.05) is 0 Å². The van der Waals surface area contributed by atoms with Gasteiger partial charge in [0.25, 0.3) is 0 Å². The molecule has 1 aliphatic rings. The van der Waals surface area contributed by atoms with Crippen LogP contribution < -0.4 is 10.6 Å². The van der Waals surface area contributed by atoms with Gasteiger partial charge in [-0.25, -0.2) is 0 Å². The maximum absolute atomic E-state index is 5.05. The van der Waals surface area contributed by atoms with Crippen LogP contribution in [-0.2, 0) is 0 Å². The van der Waals surface area contributed by atoms with Crippen molar-refractivity contribution < 1.29 is 0 Å². The summed E-state index contributed by atoms with van der Waals surface area (Å²) in [5.41, 5.74) is 0.896. The lowest BCUT2D eigenvalue weighted by atomic mass is 10.6. The van der Waals surface area contributed by atoms with E-state index in [0.29, 0.717) is 11.2 Å². The van der Waals surface area contributed by atoms with Crippen LogP contribution in [0, 0.1) is 0 Å². The first kappa shape index (κ1) is 7.54. The van der Waals surface area contributed by atoms with Gasteiger partial charge in [0.1, 0.15) is 0 Å². The summed E-state index contributed by atoms with van der Waals surface area (Å²) in [5.74, 6) is 0. The minimum atomic E-state index is 0.594. The van der Waals surface area contributed by atoms with Gasteiger partial charge >= 0.3 is 0 Å². The van der Waals surface area contributed by atoms with E-state index in [-0.39, 0.29) is 0 Å². The van der Waals surface area contributed by atoms with Crippen LogP contribution in [-0.4, -0.2) is 21.4 Å². The van der Waals surface area contributed by atoms with Gasteiger partial charge in [-0.3, -0.25) is 5.10 Å². The molecule has 1 aromatic rings. The fourth-order valence-corrected chi connectivity index (χ4v) is 1.18. The molecule has 0 saturated heterocycles. The fraction of sp³-hybridized carbons (Fsp3) is 0.429. The molecule has 2 rings (SSSR count). The molecule has 0 bridgehead atoms. The molecule has 1 aliphatic carbocycles. The Morgan fingerprint density at radius 2 is 2.50 bits per heavy atom. The van der Waals surface area contributed by atoms with Crippen molar-refractivity contribution in [2.24, 2.45) is 0 Å². The van der Waals surface area contributed by atoms with Gasteiger partial charge in [0.15, 0.2) is 5.11 Å². The molecule has 64 valence electrons. The molecule has 0 atom stereocenters. The highest BCUT2D eigenvalue weighted by Crippen LogP contribution is 2.18. The summed E-state index contributed by atoms with van der Waals surface area (Å²) in [6.07, 6.45) is 5.92. The zero-order valence-electron chi connectivity index (χ0n) is 6.50. The number of rotatable bonds is 2. The van der Waals surface area contributed by atoms with Crippen LogP contribution >= 0.6 is 12.2 Å². The third kappa shape index (κ3) is 1.94. The number of hydrogen-bond donors (Lipinski definition) is 3. The predicted molar refractivity (Wildman–Crippen MR) is 51.0 cm³/mol. The molecule has 4 nitrogen and oxygen atoms in total. The van der Waals surface area contributed by atoms with Crippen LogP contribution in [0.15, 0.2) is 12.4 Å². The molecule has 1 saturated carbocycles. The highest BCUT2D eigenvalue weighted by atomic mass is 32.1. The average molecular weight is 182 g/mol. The van der Waals surface area contributed by atoms with Crippen molar-refractivity contribution >= 4 is 23.0 Å². The molecular formula is C7H10N4S. The monoisotopic (exact) mass is 182 g/mol. The van der Waals surface area contributed by atoms with Crippen molar-refractivity contribution in [1.82, 2.24) is 15.5 Å². The van der Waals surface area contributed by atoms with Crippen LogP contribution in [0.3, 0.4) is 0 Å². The molecule has 1 aromatic heterocycles. The second-order valence-electron chi connectivity index (χ2n) is 2.86. The summed E-state index contributed by atoms with van der Waals surface area (Å²) in [5, 5.41) is 13.4. The molecule has 5 heteroatoms. The molecule has 1 heterocycles. The molecule has 0 spiro atoms. The molecule has 12 heavy (non-hydrogen) atoms. The van der Waals surface area contributed by atoms with E-state index in [1.165, 1.54) is 12.8 Å². The first-order valence-corrected chi connectivity index (χ1v) is 4.32. The van der Waals surface area contributed by atoms with Crippen LogP contribution in [0.1, 0.15) is 12.8 Å². The van der Waals surface area contributed by atoms with Crippen molar-refractivity contribution in [3.8, 4) is 0 Å². The molecular weight excluding hydrogens is 172 g/mol. The number of anilines is 1. The Labute approximate surface area is 75.7 Å². The van der Waals surface area contributed by atoms with Gasteiger partial charge in [0, 0.05) is 12.2 Å². The summed E-state index contributed by atoms with van der Waals surface area (Å²) in [6, 6.07) is 0.594. The predicted octanol–water partition coefficient (Wildman–Crippen LogP) is 0.859. The Bertz CT molecular complexity index is 265. The minimum absolute atomic E-state index is 0.594. The first-order chi connectivity index (χ1) is 5.84. The Kier molecular flexibility index (Phi) is 1.95. The summed E-state index contributed by atoms with van der Waals surface area (Å²) < 4.78 is 0. The van der Waals surface area contributed by atoms with Gasteiger partial charge in [-0.1, -0.05) is 0 Å². The normalized spacial score (nSPS) is 15.7. The summed E-state index contributed by atoms with van der Waals surface area (Å²) >= 11 is 5.05. The van der Waals surface area contributed by atoms with Crippen LogP contribution in [0.5, 0.6) is 0 Å². The summed E-state index contributed by atoms with van der Waals surface area (Å²) in [7, 11) is 0. The number of aromatic amines is 1. The van der Waals surface area contributed by atoms with Crippen molar-refractivity contribution in [3.63, 3.8) is 0 Å². The Balaban J connectivity index is 1.82. The van der Waals surface area contributed by atoms with E-state index < -0.39 is 0 Å². The standard InChI is InChI=1S/C7H10N4S/c12-7(10-5-1-2-5)11-6-3-8-9-4-6/h3-5H,1-2H2,(H,8,9)(H2,10,11,12). The average Bonchev–Trinajstić information content (AvgIpc) is 2.66.